The summed E-state index contributed by atoms with van der Waals surface area (Å²) in [7, 11) is 1.37. The van der Waals surface area contributed by atoms with E-state index in [4.69, 9.17) is 16.3 Å². The lowest BCUT2D eigenvalue weighted by molar-refractivity contribution is -0.151. The molecule has 2 N–H and O–H groups in total. The summed E-state index contributed by atoms with van der Waals surface area (Å²) in [4.78, 5) is 37.1. The van der Waals surface area contributed by atoms with Crippen LogP contribution in [0.2, 0.25) is 5.02 Å². The highest BCUT2D eigenvalue weighted by molar-refractivity contribution is 8.00. The Kier molecular flexibility index (Phi) is 4.91. The lowest BCUT2D eigenvalue weighted by Gasteiger charge is -2.48. The van der Waals surface area contributed by atoms with Gasteiger partial charge in [-0.05, 0) is 17.7 Å². The average Bonchev–Trinajstić information content (AvgIpc) is 2.60. The van der Waals surface area contributed by atoms with Crippen LogP contribution in [0.25, 0.3) is 0 Å². The van der Waals surface area contributed by atoms with Gasteiger partial charge in [-0.2, -0.15) is 0 Å². The molecule has 25 heavy (non-hydrogen) atoms. The molecular weight excluding hydrogens is 368 g/mol. The minimum Gasteiger partial charge on any atom is -0.498 e. The maximum atomic E-state index is 12.3. The highest BCUT2D eigenvalue weighted by atomic mass is 35.5. The number of fused-ring (bicyclic) bond motifs is 1. The van der Waals surface area contributed by atoms with E-state index >= 15 is 0 Å². The topological polar surface area (TPSA) is 95.9 Å². The number of ether oxygens (including phenoxy) is 1. The van der Waals surface area contributed by atoms with Crippen molar-refractivity contribution >= 4 is 41.1 Å². The van der Waals surface area contributed by atoms with Crippen LogP contribution in [0.4, 0.5) is 0 Å². The fourth-order valence-corrected chi connectivity index (χ4v) is 4.20. The molecule has 132 valence electrons. The van der Waals surface area contributed by atoms with Crippen molar-refractivity contribution in [3.63, 3.8) is 0 Å². The molecule has 2 amide bonds. The second kappa shape index (κ2) is 6.97. The number of β-lactam (4-membered cyclic amide) rings is 1. The first-order chi connectivity index (χ1) is 11.9. The van der Waals surface area contributed by atoms with Crippen LogP contribution in [-0.4, -0.2) is 52.1 Å². The van der Waals surface area contributed by atoms with Crippen molar-refractivity contribution < 1.29 is 24.2 Å². The maximum Gasteiger partial charge on any atom is 0.356 e. The molecule has 0 radical (unpaired) electrons. The quantitative estimate of drug-likeness (QED) is 0.743. The standard InChI is InChI=1S/C16H15ClN2O5S/c1-24-10-7-25-15-12(14(21)19(15)13(10)16(22)23)18-11(20)6-8-2-4-9(17)5-3-8/h2-5,12,15H,6-7H2,1H3,(H,18,20)(H,22,23)/t12?,15-/m1/s1. The molecule has 1 saturated heterocycles. The first-order valence-electron chi connectivity index (χ1n) is 7.41. The summed E-state index contributed by atoms with van der Waals surface area (Å²) in [6.45, 7) is 0. The molecule has 0 bridgehead atoms. The molecule has 1 fully saturated rings. The highest BCUT2D eigenvalue weighted by Gasteiger charge is 2.54. The fourth-order valence-electron chi connectivity index (χ4n) is 2.76. The van der Waals surface area contributed by atoms with Crippen molar-refractivity contribution in [2.45, 2.75) is 17.8 Å². The summed E-state index contributed by atoms with van der Waals surface area (Å²) in [5.74, 6) is -1.40. The molecular formula is C16H15ClN2O5S. The van der Waals surface area contributed by atoms with E-state index < -0.39 is 23.3 Å². The van der Waals surface area contributed by atoms with Crippen molar-refractivity contribution in [1.29, 1.82) is 0 Å². The zero-order valence-corrected chi connectivity index (χ0v) is 14.8. The summed E-state index contributed by atoms with van der Waals surface area (Å²) in [6.07, 6.45) is 0.114. The molecule has 2 atom stereocenters. The van der Waals surface area contributed by atoms with E-state index in [9.17, 15) is 19.5 Å². The number of carbonyl (C=O) groups is 3. The number of carbonyl (C=O) groups excluding carboxylic acids is 2. The van der Waals surface area contributed by atoms with Crippen molar-refractivity contribution in [3.8, 4) is 0 Å². The molecule has 0 spiro atoms. The monoisotopic (exact) mass is 382 g/mol. The van der Waals surface area contributed by atoms with E-state index in [0.29, 0.717) is 10.8 Å². The first-order valence-corrected chi connectivity index (χ1v) is 8.84. The number of benzene rings is 1. The van der Waals surface area contributed by atoms with Crippen LogP contribution < -0.4 is 5.32 Å². The van der Waals surface area contributed by atoms with Gasteiger partial charge in [0, 0.05) is 5.02 Å². The summed E-state index contributed by atoms with van der Waals surface area (Å²) in [5, 5.41) is 12.1. The van der Waals surface area contributed by atoms with Crippen LogP contribution in [0, 0.1) is 0 Å². The second-order valence-corrected chi connectivity index (χ2v) is 7.08. The van der Waals surface area contributed by atoms with Crippen molar-refractivity contribution in [2.75, 3.05) is 12.9 Å². The van der Waals surface area contributed by atoms with E-state index in [0.717, 1.165) is 5.56 Å². The lowest BCUT2D eigenvalue weighted by Crippen LogP contribution is -2.70. The van der Waals surface area contributed by atoms with Gasteiger partial charge in [0.25, 0.3) is 5.91 Å². The van der Waals surface area contributed by atoms with Gasteiger partial charge in [0.15, 0.2) is 5.70 Å². The van der Waals surface area contributed by atoms with Crippen LogP contribution in [0.15, 0.2) is 35.7 Å². The predicted molar refractivity (Wildman–Crippen MR) is 91.8 cm³/mol. The third kappa shape index (κ3) is 3.32. The Morgan fingerprint density at radius 2 is 2.08 bits per heavy atom. The number of carboxylic acids is 1. The molecule has 3 rings (SSSR count). The maximum absolute atomic E-state index is 12.3. The van der Waals surface area contributed by atoms with Crippen LogP contribution >= 0.6 is 23.4 Å². The van der Waals surface area contributed by atoms with E-state index in [1.165, 1.54) is 23.8 Å². The molecule has 1 aromatic rings. The van der Waals surface area contributed by atoms with Gasteiger partial charge in [0.1, 0.15) is 17.2 Å². The number of rotatable bonds is 5. The number of hydrogen-bond acceptors (Lipinski definition) is 5. The number of aliphatic carboxylic acids is 1. The fraction of sp³-hybridized carbons (Fsp3) is 0.312. The number of thioether (sulfide) groups is 1. The van der Waals surface area contributed by atoms with Crippen molar-refractivity contribution in [1.82, 2.24) is 10.2 Å². The van der Waals surface area contributed by atoms with E-state index in [-0.39, 0.29) is 23.8 Å². The van der Waals surface area contributed by atoms with Crippen LogP contribution in [0.1, 0.15) is 5.56 Å². The Bertz CT molecular complexity index is 764. The SMILES string of the molecule is COC1=C(C(=O)O)N2C(=O)C(NC(=O)Cc3ccc(Cl)cc3)[C@H]2SC1. The third-order valence-electron chi connectivity index (χ3n) is 3.98. The van der Waals surface area contributed by atoms with E-state index in [2.05, 4.69) is 5.32 Å². The molecule has 0 aromatic heterocycles. The molecule has 2 aliphatic heterocycles. The van der Waals surface area contributed by atoms with Gasteiger partial charge in [-0.3, -0.25) is 14.5 Å². The smallest absolute Gasteiger partial charge is 0.356 e. The number of halogens is 1. The zero-order chi connectivity index (χ0) is 18.1. The Morgan fingerprint density at radius 1 is 1.40 bits per heavy atom. The number of methoxy groups -OCH3 is 1. The Balaban J connectivity index is 1.67. The zero-order valence-electron chi connectivity index (χ0n) is 13.2. The summed E-state index contributed by atoms with van der Waals surface area (Å²) in [6, 6.07) is 6.11. The molecule has 1 aromatic carbocycles. The predicted octanol–water partition coefficient (Wildman–Crippen LogP) is 1.22. The van der Waals surface area contributed by atoms with Gasteiger partial charge in [0.2, 0.25) is 5.91 Å². The van der Waals surface area contributed by atoms with Crippen LogP contribution in [0.3, 0.4) is 0 Å². The normalized spacial score (nSPS) is 22.2. The largest absolute Gasteiger partial charge is 0.498 e. The number of nitrogens with zero attached hydrogens (tertiary/aromatic N) is 1. The van der Waals surface area contributed by atoms with Gasteiger partial charge >= 0.3 is 5.97 Å². The van der Waals surface area contributed by atoms with Gasteiger partial charge in [-0.25, -0.2) is 4.79 Å². The van der Waals surface area contributed by atoms with Gasteiger partial charge < -0.3 is 15.2 Å². The van der Waals surface area contributed by atoms with Crippen molar-refractivity contribution in [3.05, 3.63) is 46.3 Å². The molecule has 9 heteroatoms. The molecule has 2 aliphatic rings. The van der Waals surface area contributed by atoms with Gasteiger partial charge in [0.05, 0.1) is 19.3 Å². The minimum absolute atomic E-state index is 0.114. The second-order valence-electron chi connectivity index (χ2n) is 5.54. The number of hydrogen-bond donors (Lipinski definition) is 2. The van der Waals surface area contributed by atoms with Crippen LogP contribution in [0.5, 0.6) is 0 Å². The number of amides is 2. The van der Waals surface area contributed by atoms with E-state index in [1.54, 1.807) is 24.3 Å². The Labute approximate surface area is 153 Å². The summed E-state index contributed by atoms with van der Waals surface area (Å²) < 4.78 is 5.06. The van der Waals surface area contributed by atoms with Crippen molar-refractivity contribution in [2.24, 2.45) is 0 Å². The molecule has 0 saturated carbocycles. The first kappa shape index (κ1) is 17.6. The molecule has 1 unspecified atom stereocenters. The number of nitrogens with one attached hydrogen (secondary N) is 1. The third-order valence-corrected chi connectivity index (χ3v) is 5.48. The van der Waals surface area contributed by atoms with Gasteiger partial charge in [-0.1, -0.05) is 23.7 Å². The minimum atomic E-state index is -1.22. The average molecular weight is 383 g/mol. The Hall–Kier alpha value is -2.19. The van der Waals surface area contributed by atoms with Crippen LogP contribution in [-0.2, 0) is 25.5 Å². The molecule has 0 aliphatic carbocycles. The Morgan fingerprint density at radius 3 is 2.68 bits per heavy atom. The molecule has 2 heterocycles. The number of carboxylic acid groups (broad SMARTS) is 1. The summed E-state index contributed by atoms with van der Waals surface area (Å²) in [5.41, 5.74) is 0.620. The van der Waals surface area contributed by atoms with Gasteiger partial charge in [-0.15, -0.1) is 11.8 Å². The highest BCUT2D eigenvalue weighted by Crippen LogP contribution is 2.40. The summed E-state index contributed by atoms with van der Waals surface area (Å²) >= 11 is 7.16. The lowest BCUT2D eigenvalue weighted by atomic mass is 10.0. The molecule has 7 nitrogen and oxygen atoms in total. The van der Waals surface area contributed by atoms with E-state index in [1.807, 2.05) is 0 Å².